The van der Waals surface area contributed by atoms with E-state index in [4.69, 9.17) is 9.47 Å². The predicted octanol–water partition coefficient (Wildman–Crippen LogP) is 4.29. The first kappa shape index (κ1) is 14.3. The Balaban J connectivity index is 2.29. The molecular formula is C14H12BrNO4. The maximum Gasteiger partial charge on any atom is 0.315 e. The van der Waals surface area contributed by atoms with Crippen LogP contribution in [0.25, 0.3) is 0 Å². The Kier molecular flexibility index (Phi) is 4.57. The van der Waals surface area contributed by atoms with E-state index >= 15 is 0 Å². The van der Waals surface area contributed by atoms with Crippen molar-refractivity contribution < 1.29 is 14.4 Å². The number of nitro benzene ring substituents is 1. The topological polar surface area (TPSA) is 61.6 Å². The SMILES string of the molecule is COc1ccc(Oc2ccc(CBr)cc2)c([N+](=O)[O-])c1. The van der Waals surface area contributed by atoms with Crippen LogP contribution in [0.15, 0.2) is 42.5 Å². The number of halogens is 1. The van der Waals surface area contributed by atoms with E-state index in [0.29, 0.717) is 11.5 Å². The van der Waals surface area contributed by atoms with Crippen molar-refractivity contribution in [2.45, 2.75) is 5.33 Å². The van der Waals surface area contributed by atoms with Gasteiger partial charge >= 0.3 is 5.69 Å². The Bertz CT molecular complexity index is 613. The maximum absolute atomic E-state index is 11.0. The molecule has 0 atom stereocenters. The zero-order chi connectivity index (χ0) is 14.5. The summed E-state index contributed by atoms with van der Waals surface area (Å²) in [5.41, 5.74) is 0.968. The van der Waals surface area contributed by atoms with Gasteiger partial charge in [0, 0.05) is 5.33 Å². The van der Waals surface area contributed by atoms with Gasteiger partial charge in [-0.1, -0.05) is 28.1 Å². The van der Waals surface area contributed by atoms with E-state index in [2.05, 4.69) is 15.9 Å². The maximum atomic E-state index is 11.0. The van der Waals surface area contributed by atoms with Gasteiger partial charge in [0.2, 0.25) is 5.75 Å². The van der Waals surface area contributed by atoms with Crippen molar-refractivity contribution in [3.8, 4) is 17.2 Å². The number of hydrogen-bond donors (Lipinski definition) is 0. The molecule has 0 bridgehead atoms. The lowest BCUT2D eigenvalue weighted by molar-refractivity contribution is -0.385. The van der Waals surface area contributed by atoms with Crippen LogP contribution in [-0.2, 0) is 5.33 Å². The molecule has 2 aromatic rings. The van der Waals surface area contributed by atoms with Crippen LogP contribution in [0.4, 0.5) is 5.69 Å². The lowest BCUT2D eigenvalue weighted by Gasteiger charge is -2.08. The number of methoxy groups -OCH3 is 1. The average molecular weight is 338 g/mol. The number of nitrogens with zero attached hydrogens (tertiary/aromatic N) is 1. The lowest BCUT2D eigenvalue weighted by Crippen LogP contribution is -1.94. The molecule has 0 radical (unpaired) electrons. The van der Waals surface area contributed by atoms with Gasteiger partial charge in [-0.25, -0.2) is 0 Å². The van der Waals surface area contributed by atoms with Crippen molar-refractivity contribution in [2.24, 2.45) is 0 Å². The van der Waals surface area contributed by atoms with Gasteiger partial charge in [0.1, 0.15) is 11.5 Å². The fourth-order valence-electron chi connectivity index (χ4n) is 1.63. The van der Waals surface area contributed by atoms with Gasteiger partial charge in [0.05, 0.1) is 18.1 Å². The summed E-state index contributed by atoms with van der Waals surface area (Å²) in [6.07, 6.45) is 0. The Hall–Kier alpha value is -2.08. The third kappa shape index (κ3) is 3.27. The van der Waals surface area contributed by atoms with Crippen LogP contribution < -0.4 is 9.47 Å². The number of ether oxygens (including phenoxy) is 2. The van der Waals surface area contributed by atoms with Gasteiger partial charge in [-0.15, -0.1) is 0 Å². The highest BCUT2D eigenvalue weighted by atomic mass is 79.9. The second-order valence-corrected chi connectivity index (χ2v) is 4.53. The highest BCUT2D eigenvalue weighted by Gasteiger charge is 2.17. The summed E-state index contributed by atoms with van der Waals surface area (Å²) < 4.78 is 10.5. The molecule has 104 valence electrons. The van der Waals surface area contributed by atoms with Gasteiger partial charge in [0.25, 0.3) is 0 Å². The van der Waals surface area contributed by atoms with Crippen LogP contribution in [0, 0.1) is 10.1 Å². The molecule has 0 saturated carbocycles. The van der Waals surface area contributed by atoms with Crippen LogP contribution in [0.3, 0.4) is 0 Å². The van der Waals surface area contributed by atoms with E-state index in [1.807, 2.05) is 12.1 Å². The van der Waals surface area contributed by atoms with Gasteiger partial charge in [-0.05, 0) is 29.8 Å². The molecule has 20 heavy (non-hydrogen) atoms. The number of rotatable bonds is 5. The van der Waals surface area contributed by atoms with Crippen molar-refractivity contribution in [1.29, 1.82) is 0 Å². The molecule has 6 heteroatoms. The highest BCUT2D eigenvalue weighted by Crippen LogP contribution is 2.34. The van der Waals surface area contributed by atoms with E-state index in [1.54, 1.807) is 18.2 Å². The fraction of sp³-hybridized carbons (Fsp3) is 0.143. The number of benzene rings is 2. The molecule has 0 unspecified atom stereocenters. The third-order valence-corrected chi connectivity index (χ3v) is 3.32. The third-order valence-electron chi connectivity index (χ3n) is 2.67. The minimum absolute atomic E-state index is 0.131. The first-order valence-corrected chi connectivity index (χ1v) is 6.91. The summed E-state index contributed by atoms with van der Waals surface area (Å²) in [6, 6.07) is 11.8. The van der Waals surface area contributed by atoms with Crippen molar-refractivity contribution in [2.75, 3.05) is 7.11 Å². The summed E-state index contributed by atoms with van der Waals surface area (Å²) in [7, 11) is 1.46. The molecule has 0 aromatic heterocycles. The van der Waals surface area contributed by atoms with E-state index in [0.717, 1.165) is 10.9 Å². The summed E-state index contributed by atoms with van der Waals surface area (Å²) in [4.78, 5) is 10.5. The number of hydrogen-bond acceptors (Lipinski definition) is 4. The van der Waals surface area contributed by atoms with Crippen molar-refractivity contribution in [3.63, 3.8) is 0 Å². The van der Waals surface area contributed by atoms with Gasteiger partial charge in [-0.2, -0.15) is 0 Å². The van der Waals surface area contributed by atoms with Crippen LogP contribution in [0.5, 0.6) is 17.2 Å². The quantitative estimate of drug-likeness (QED) is 0.463. The Morgan fingerprint density at radius 1 is 1.15 bits per heavy atom. The average Bonchev–Trinajstić information content (AvgIpc) is 2.48. The molecule has 5 nitrogen and oxygen atoms in total. The number of nitro groups is 1. The van der Waals surface area contributed by atoms with Crippen LogP contribution >= 0.6 is 15.9 Å². The molecule has 0 heterocycles. The molecule has 0 N–H and O–H groups in total. The molecule has 0 aliphatic heterocycles. The smallest absolute Gasteiger partial charge is 0.315 e. The molecule has 0 amide bonds. The Morgan fingerprint density at radius 3 is 2.35 bits per heavy atom. The monoisotopic (exact) mass is 337 g/mol. The zero-order valence-electron chi connectivity index (χ0n) is 10.7. The second-order valence-electron chi connectivity index (χ2n) is 3.97. The largest absolute Gasteiger partial charge is 0.496 e. The summed E-state index contributed by atoms with van der Waals surface area (Å²) in [5.74, 6) is 1.14. The molecule has 0 saturated heterocycles. The highest BCUT2D eigenvalue weighted by molar-refractivity contribution is 9.08. The van der Waals surface area contributed by atoms with Gasteiger partial charge < -0.3 is 9.47 Å². The normalized spacial score (nSPS) is 10.1. The zero-order valence-corrected chi connectivity index (χ0v) is 12.3. The van der Waals surface area contributed by atoms with E-state index < -0.39 is 4.92 Å². The first-order chi connectivity index (χ1) is 9.63. The standard InChI is InChI=1S/C14H12BrNO4/c1-19-12-6-7-14(13(8-12)16(17)18)20-11-4-2-10(9-15)3-5-11/h2-8H,9H2,1H3. The fourth-order valence-corrected chi connectivity index (χ4v) is 2.00. The molecule has 0 spiro atoms. The molecule has 2 rings (SSSR count). The molecule has 0 aliphatic carbocycles. The predicted molar refractivity (Wildman–Crippen MR) is 78.8 cm³/mol. The van der Waals surface area contributed by atoms with Crippen molar-refractivity contribution in [3.05, 3.63) is 58.1 Å². The van der Waals surface area contributed by atoms with E-state index in [1.165, 1.54) is 19.2 Å². The molecule has 0 fully saturated rings. The minimum Gasteiger partial charge on any atom is -0.496 e. The van der Waals surface area contributed by atoms with Crippen LogP contribution in [0.2, 0.25) is 0 Å². The van der Waals surface area contributed by atoms with Gasteiger partial charge in [-0.3, -0.25) is 10.1 Å². The first-order valence-electron chi connectivity index (χ1n) is 5.79. The van der Waals surface area contributed by atoms with Crippen LogP contribution in [0.1, 0.15) is 5.56 Å². The Labute approximate surface area is 124 Å². The molecular weight excluding hydrogens is 326 g/mol. The summed E-state index contributed by atoms with van der Waals surface area (Å²) in [5, 5.41) is 11.8. The molecule has 0 aliphatic rings. The van der Waals surface area contributed by atoms with Crippen LogP contribution in [-0.4, -0.2) is 12.0 Å². The summed E-state index contributed by atoms with van der Waals surface area (Å²) in [6.45, 7) is 0. The van der Waals surface area contributed by atoms with Crippen molar-refractivity contribution in [1.82, 2.24) is 0 Å². The molecule has 2 aromatic carbocycles. The van der Waals surface area contributed by atoms with E-state index in [-0.39, 0.29) is 11.4 Å². The number of alkyl halides is 1. The Morgan fingerprint density at radius 2 is 1.80 bits per heavy atom. The van der Waals surface area contributed by atoms with Crippen molar-refractivity contribution >= 4 is 21.6 Å². The van der Waals surface area contributed by atoms with E-state index in [9.17, 15) is 10.1 Å². The second kappa shape index (κ2) is 6.38. The lowest BCUT2D eigenvalue weighted by atomic mass is 10.2. The summed E-state index contributed by atoms with van der Waals surface area (Å²) >= 11 is 3.35. The minimum atomic E-state index is -0.495. The van der Waals surface area contributed by atoms with Gasteiger partial charge in [0.15, 0.2) is 0 Å².